The highest BCUT2D eigenvalue weighted by atomic mass is 16.3. The lowest BCUT2D eigenvalue weighted by atomic mass is 9.86. The molecule has 0 aliphatic carbocycles. The van der Waals surface area contributed by atoms with Crippen LogP contribution in [0, 0.1) is 17.8 Å². The summed E-state index contributed by atoms with van der Waals surface area (Å²) in [6.45, 7) is 7.52. The number of hydrogen-bond acceptors (Lipinski definition) is 2. The van der Waals surface area contributed by atoms with Crippen LogP contribution in [0.3, 0.4) is 0 Å². The van der Waals surface area contributed by atoms with Crippen LogP contribution in [0.1, 0.15) is 32.8 Å². The van der Waals surface area contributed by atoms with E-state index in [1.807, 2.05) is 23.1 Å². The van der Waals surface area contributed by atoms with E-state index in [9.17, 15) is 9.90 Å². The van der Waals surface area contributed by atoms with Crippen molar-refractivity contribution in [1.82, 2.24) is 4.90 Å². The molecule has 1 aromatic rings. The molecule has 1 N–H and O–H groups in total. The second kappa shape index (κ2) is 7.08. The summed E-state index contributed by atoms with van der Waals surface area (Å²) in [5.74, 6) is 0.780. The topological polar surface area (TPSA) is 40.5 Å². The van der Waals surface area contributed by atoms with Gasteiger partial charge in [0.25, 0.3) is 0 Å². The highest BCUT2D eigenvalue weighted by Crippen LogP contribution is 2.24. The number of piperidine rings is 1. The summed E-state index contributed by atoms with van der Waals surface area (Å²) in [6, 6.07) is 10.2. The van der Waals surface area contributed by atoms with Crippen molar-refractivity contribution in [1.29, 1.82) is 0 Å². The van der Waals surface area contributed by atoms with Gasteiger partial charge in [0.15, 0.2) is 0 Å². The van der Waals surface area contributed by atoms with Crippen LogP contribution in [0.5, 0.6) is 0 Å². The lowest BCUT2D eigenvalue weighted by molar-refractivity contribution is -0.141. The Bertz CT molecular complexity index is 458. The zero-order chi connectivity index (χ0) is 15.4. The molecule has 1 aliphatic heterocycles. The first-order chi connectivity index (χ1) is 9.99. The molecule has 3 unspecified atom stereocenters. The third-order valence-electron chi connectivity index (χ3n) is 4.65. The van der Waals surface area contributed by atoms with E-state index in [0.717, 1.165) is 19.4 Å². The van der Waals surface area contributed by atoms with Crippen LogP contribution in [-0.4, -0.2) is 35.1 Å². The highest BCUT2D eigenvalue weighted by Gasteiger charge is 2.32. The second-order valence-corrected chi connectivity index (χ2v) is 6.66. The van der Waals surface area contributed by atoms with Crippen molar-refractivity contribution in [2.75, 3.05) is 13.1 Å². The molecule has 3 heteroatoms. The van der Waals surface area contributed by atoms with Gasteiger partial charge in [-0.1, -0.05) is 51.1 Å². The van der Waals surface area contributed by atoms with E-state index in [1.165, 1.54) is 5.56 Å². The number of likely N-dealkylation sites (tertiary alicyclic amines) is 1. The maximum absolute atomic E-state index is 12.8. The van der Waals surface area contributed by atoms with Gasteiger partial charge in [0, 0.05) is 19.0 Å². The fourth-order valence-corrected chi connectivity index (χ4v) is 2.96. The van der Waals surface area contributed by atoms with Gasteiger partial charge < -0.3 is 10.0 Å². The summed E-state index contributed by atoms with van der Waals surface area (Å²) < 4.78 is 0. The van der Waals surface area contributed by atoms with E-state index in [-0.39, 0.29) is 17.9 Å². The van der Waals surface area contributed by atoms with Crippen molar-refractivity contribution in [3.05, 3.63) is 35.9 Å². The summed E-state index contributed by atoms with van der Waals surface area (Å²) >= 11 is 0. The number of aliphatic hydroxyl groups is 1. The van der Waals surface area contributed by atoms with Gasteiger partial charge in [0.1, 0.15) is 0 Å². The van der Waals surface area contributed by atoms with Gasteiger partial charge >= 0.3 is 0 Å². The number of carbonyl (C=O) groups excluding carboxylic acids is 1. The molecule has 1 fully saturated rings. The lowest BCUT2D eigenvalue weighted by Gasteiger charge is -2.37. The predicted octanol–water partition coefficient (Wildman–Crippen LogP) is 2.73. The predicted molar refractivity (Wildman–Crippen MR) is 84.8 cm³/mol. The fraction of sp³-hybridized carbons (Fsp3) is 0.611. The first-order valence-corrected chi connectivity index (χ1v) is 7.99. The average molecular weight is 289 g/mol. The Kier molecular flexibility index (Phi) is 5.40. The molecule has 1 heterocycles. The minimum absolute atomic E-state index is 0.00648. The Labute approximate surface area is 128 Å². The van der Waals surface area contributed by atoms with Gasteiger partial charge in [-0.3, -0.25) is 4.79 Å². The first-order valence-electron chi connectivity index (χ1n) is 7.99. The van der Waals surface area contributed by atoms with Gasteiger partial charge in [-0.25, -0.2) is 0 Å². The number of nitrogens with zero attached hydrogens (tertiary/aromatic N) is 1. The molecule has 0 bridgehead atoms. The number of hydrogen-bond donors (Lipinski definition) is 1. The lowest BCUT2D eigenvalue weighted by Crippen LogP contribution is -2.49. The molecule has 1 aromatic carbocycles. The maximum Gasteiger partial charge on any atom is 0.226 e. The molecular formula is C18H27NO2. The molecule has 1 saturated heterocycles. The van der Waals surface area contributed by atoms with E-state index in [4.69, 9.17) is 0 Å². The highest BCUT2D eigenvalue weighted by molar-refractivity contribution is 5.79. The summed E-state index contributed by atoms with van der Waals surface area (Å²) in [6.07, 6.45) is 1.29. The van der Waals surface area contributed by atoms with Crippen molar-refractivity contribution in [2.24, 2.45) is 17.8 Å². The summed E-state index contributed by atoms with van der Waals surface area (Å²) in [4.78, 5) is 14.7. The standard InChI is InChI=1S/C18H27NO2/c1-13(2)16(11-15-7-5-4-6-8-15)18(21)19-10-9-14(3)17(20)12-19/h4-8,13-14,16-17,20H,9-12H2,1-3H3. The number of rotatable bonds is 4. The van der Waals surface area contributed by atoms with E-state index >= 15 is 0 Å². The van der Waals surface area contributed by atoms with Gasteiger partial charge in [-0.2, -0.15) is 0 Å². The SMILES string of the molecule is CC(C)C(Cc1ccccc1)C(=O)N1CCC(C)C(O)C1. The molecule has 0 spiro atoms. The molecule has 2 rings (SSSR count). The van der Waals surface area contributed by atoms with Crippen molar-refractivity contribution >= 4 is 5.91 Å². The first kappa shape index (κ1) is 16.0. The fourth-order valence-electron chi connectivity index (χ4n) is 2.96. The minimum atomic E-state index is -0.382. The molecule has 0 radical (unpaired) electrons. The molecule has 1 aliphatic rings. The summed E-state index contributed by atoms with van der Waals surface area (Å²) in [7, 11) is 0. The monoisotopic (exact) mass is 289 g/mol. The Balaban J connectivity index is 2.06. The summed E-state index contributed by atoms with van der Waals surface area (Å²) in [5, 5.41) is 10.0. The smallest absolute Gasteiger partial charge is 0.226 e. The third-order valence-corrected chi connectivity index (χ3v) is 4.65. The van der Waals surface area contributed by atoms with E-state index < -0.39 is 0 Å². The molecule has 0 aromatic heterocycles. The quantitative estimate of drug-likeness (QED) is 0.926. The zero-order valence-electron chi connectivity index (χ0n) is 13.3. The van der Waals surface area contributed by atoms with Crippen molar-refractivity contribution in [3.63, 3.8) is 0 Å². The van der Waals surface area contributed by atoms with Crippen LogP contribution in [-0.2, 0) is 11.2 Å². The van der Waals surface area contributed by atoms with Crippen LogP contribution in [0.15, 0.2) is 30.3 Å². The van der Waals surface area contributed by atoms with Crippen LogP contribution < -0.4 is 0 Å². The normalized spacial score (nSPS) is 24.1. The molecule has 1 amide bonds. The Hall–Kier alpha value is -1.35. The Morgan fingerprint density at radius 3 is 2.57 bits per heavy atom. The van der Waals surface area contributed by atoms with Gasteiger partial charge in [-0.15, -0.1) is 0 Å². The van der Waals surface area contributed by atoms with Crippen molar-refractivity contribution in [2.45, 2.75) is 39.7 Å². The van der Waals surface area contributed by atoms with Gasteiger partial charge in [0.2, 0.25) is 5.91 Å². The zero-order valence-corrected chi connectivity index (χ0v) is 13.3. The molecule has 21 heavy (non-hydrogen) atoms. The van der Waals surface area contributed by atoms with Gasteiger partial charge in [0.05, 0.1) is 6.10 Å². The number of benzene rings is 1. The number of aliphatic hydroxyl groups excluding tert-OH is 1. The van der Waals surface area contributed by atoms with Crippen molar-refractivity contribution in [3.8, 4) is 0 Å². The minimum Gasteiger partial charge on any atom is -0.391 e. The number of amides is 1. The van der Waals surface area contributed by atoms with Crippen LogP contribution in [0.25, 0.3) is 0 Å². The molecular weight excluding hydrogens is 262 g/mol. The van der Waals surface area contributed by atoms with Gasteiger partial charge in [-0.05, 0) is 30.2 Å². The maximum atomic E-state index is 12.8. The molecule has 3 atom stereocenters. The Morgan fingerprint density at radius 2 is 2.00 bits per heavy atom. The van der Waals surface area contributed by atoms with E-state index in [2.05, 4.69) is 32.9 Å². The average Bonchev–Trinajstić information content (AvgIpc) is 2.47. The second-order valence-electron chi connectivity index (χ2n) is 6.66. The molecule has 0 saturated carbocycles. The third kappa shape index (κ3) is 4.07. The van der Waals surface area contributed by atoms with E-state index in [0.29, 0.717) is 18.4 Å². The van der Waals surface area contributed by atoms with Crippen molar-refractivity contribution < 1.29 is 9.90 Å². The number of carbonyl (C=O) groups is 1. The van der Waals surface area contributed by atoms with Crippen LogP contribution >= 0.6 is 0 Å². The van der Waals surface area contributed by atoms with E-state index in [1.54, 1.807) is 0 Å². The Morgan fingerprint density at radius 1 is 1.33 bits per heavy atom. The molecule has 3 nitrogen and oxygen atoms in total. The van der Waals surface area contributed by atoms with Crippen LogP contribution in [0.4, 0.5) is 0 Å². The largest absolute Gasteiger partial charge is 0.391 e. The summed E-state index contributed by atoms with van der Waals surface area (Å²) in [5.41, 5.74) is 1.20. The number of β-amino-alcohol motifs (C(OH)–C–C–N with tert-alkyl or cyclic N) is 1. The molecule has 116 valence electrons. The van der Waals surface area contributed by atoms with Crippen LogP contribution in [0.2, 0.25) is 0 Å².